The first-order valence-electron chi connectivity index (χ1n) is 9.13. The first kappa shape index (κ1) is 18.3. The smallest absolute Gasteiger partial charge is 0.336 e. The van der Waals surface area contributed by atoms with Crippen molar-refractivity contribution in [1.29, 1.82) is 0 Å². The van der Waals surface area contributed by atoms with Gasteiger partial charge in [-0.25, -0.2) is 4.79 Å². The number of hydrogen-bond donors (Lipinski definition) is 0. The second-order valence-corrected chi connectivity index (χ2v) is 6.16. The highest BCUT2D eigenvalue weighted by Gasteiger charge is 2.01. The van der Waals surface area contributed by atoms with Crippen LogP contribution in [0.1, 0.15) is 58.3 Å². The van der Waals surface area contributed by atoms with Gasteiger partial charge in [0, 0.05) is 11.6 Å². The SMILES string of the molecule is CCCCCCCCCCOc1ccc(-c2cccc(=O)o2)cc1. The second-order valence-electron chi connectivity index (χ2n) is 6.16. The predicted octanol–water partition coefficient (Wildman–Crippen LogP) is 5.83. The summed E-state index contributed by atoms with van der Waals surface area (Å²) >= 11 is 0. The van der Waals surface area contributed by atoms with E-state index in [1.807, 2.05) is 24.3 Å². The monoisotopic (exact) mass is 328 g/mol. The Bertz CT molecular complexity index is 628. The predicted molar refractivity (Wildman–Crippen MR) is 98.5 cm³/mol. The molecule has 3 heteroatoms. The summed E-state index contributed by atoms with van der Waals surface area (Å²) < 4.78 is 10.9. The van der Waals surface area contributed by atoms with Gasteiger partial charge < -0.3 is 9.15 Å². The summed E-state index contributed by atoms with van der Waals surface area (Å²) in [5.41, 5.74) is 0.551. The van der Waals surface area contributed by atoms with Crippen molar-refractivity contribution in [3.05, 3.63) is 52.9 Å². The molecule has 1 aromatic heterocycles. The van der Waals surface area contributed by atoms with Crippen LogP contribution < -0.4 is 10.4 Å². The van der Waals surface area contributed by atoms with Crippen molar-refractivity contribution in [3.63, 3.8) is 0 Å². The van der Waals surface area contributed by atoms with Crippen molar-refractivity contribution >= 4 is 0 Å². The maximum atomic E-state index is 11.2. The molecule has 0 saturated carbocycles. The van der Waals surface area contributed by atoms with Gasteiger partial charge in [-0.2, -0.15) is 0 Å². The van der Waals surface area contributed by atoms with Gasteiger partial charge in [-0.1, -0.05) is 57.9 Å². The van der Waals surface area contributed by atoms with Gasteiger partial charge in [-0.15, -0.1) is 0 Å². The van der Waals surface area contributed by atoms with E-state index in [-0.39, 0.29) is 5.63 Å². The van der Waals surface area contributed by atoms with Gasteiger partial charge in [0.25, 0.3) is 0 Å². The quantitative estimate of drug-likeness (QED) is 0.487. The van der Waals surface area contributed by atoms with E-state index in [4.69, 9.17) is 9.15 Å². The van der Waals surface area contributed by atoms with Gasteiger partial charge >= 0.3 is 5.63 Å². The Morgan fingerprint density at radius 2 is 1.50 bits per heavy atom. The fourth-order valence-corrected chi connectivity index (χ4v) is 2.69. The lowest BCUT2D eigenvalue weighted by Crippen LogP contribution is -1.97. The fourth-order valence-electron chi connectivity index (χ4n) is 2.69. The van der Waals surface area contributed by atoms with Crippen LogP contribution in [0, 0.1) is 0 Å². The molecule has 24 heavy (non-hydrogen) atoms. The lowest BCUT2D eigenvalue weighted by molar-refractivity contribution is 0.304. The normalized spacial score (nSPS) is 10.7. The first-order valence-corrected chi connectivity index (χ1v) is 9.13. The molecule has 0 amide bonds. The lowest BCUT2D eigenvalue weighted by atomic mass is 10.1. The van der Waals surface area contributed by atoms with Gasteiger partial charge in [0.15, 0.2) is 0 Å². The van der Waals surface area contributed by atoms with Crippen molar-refractivity contribution in [2.45, 2.75) is 58.3 Å². The van der Waals surface area contributed by atoms with Crippen molar-refractivity contribution in [3.8, 4) is 17.1 Å². The van der Waals surface area contributed by atoms with E-state index >= 15 is 0 Å². The van der Waals surface area contributed by atoms with Crippen LogP contribution in [0.4, 0.5) is 0 Å². The average Bonchev–Trinajstić information content (AvgIpc) is 2.61. The number of ether oxygens (including phenoxy) is 1. The molecular weight excluding hydrogens is 300 g/mol. The Morgan fingerprint density at radius 1 is 0.833 bits per heavy atom. The largest absolute Gasteiger partial charge is 0.494 e. The van der Waals surface area contributed by atoms with Crippen LogP contribution in [0.5, 0.6) is 5.75 Å². The van der Waals surface area contributed by atoms with E-state index in [1.165, 1.54) is 51.0 Å². The van der Waals surface area contributed by atoms with Crippen LogP contribution in [0.25, 0.3) is 11.3 Å². The summed E-state index contributed by atoms with van der Waals surface area (Å²) in [5, 5.41) is 0. The van der Waals surface area contributed by atoms with Gasteiger partial charge in [-0.05, 0) is 36.8 Å². The molecule has 0 unspecified atom stereocenters. The first-order chi connectivity index (χ1) is 11.8. The third-order valence-corrected chi connectivity index (χ3v) is 4.10. The highest BCUT2D eigenvalue weighted by Crippen LogP contribution is 2.21. The minimum absolute atomic E-state index is 0.331. The summed E-state index contributed by atoms with van der Waals surface area (Å²) in [5.74, 6) is 1.44. The van der Waals surface area contributed by atoms with E-state index in [0.29, 0.717) is 5.76 Å². The highest BCUT2D eigenvalue weighted by molar-refractivity contribution is 5.57. The summed E-state index contributed by atoms with van der Waals surface area (Å²) in [6.07, 6.45) is 10.4. The summed E-state index contributed by atoms with van der Waals surface area (Å²) in [4.78, 5) is 11.2. The highest BCUT2D eigenvalue weighted by atomic mass is 16.5. The summed E-state index contributed by atoms with van der Waals surface area (Å²) in [6.45, 7) is 3.01. The third kappa shape index (κ3) is 6.61. The number of unbranched alkanes of at least 4 members (excludes halogenated alkanes) is 7. The van der Waals surface area contributed by atoms with E-state index in [9.17, 15) is 4.79 Å². The molecule has 0 spiro atoms. The standard InChI is InChI=1S/C21H28O3/c1-2-3-4-5-6-7-8-9-17-23-19-15-13-18(14-16-19)20-11-10-12-21(22)24-20/h10-16H,2-9,17H2,1H3. The number of rotatable bonds is 11. The molecule has 0 aliphatic heterocycles. The Morgan fingerprint density at radius 3 is 2.17 bits per heavy atom. The minimum Gasteiger partial charge on any atom is -0.494 e. The number of hydrogen-bond acceptors (Lipinski definition) is 3. The molecule has 1 aromatic carbocycles. The average molecular weight is 328 g/mol. The van der Waals surface area contributed by atoms with Crippen LogP contribution in [-0.2, 0) is 0 Å². The Labute approximate surface area is 144 Å². The van der Waals surface area contributed by atoms with Crippen molar-refractivity contribution < 1.29 is 9.15 Å². The van der Waals surface area contributed by atoms with E-state index in [1.54, 1.807) is 12.1 Å². The van der Waals surface area contributed by atoms with Gasteiger partial charge in [0.1, 0.15) is 11.5 Å². The molecule has 0 aliphatic rings. The molecular formula is C21H28O3. The molecule has 0 fully saturated rings. The van der Waals surface area contributed by atoms with E-state index < -0.39 is 0 Å². The summed E-state index contributed by atoms with van der Waals surface area (Å²) in [7, 11) is 0. The van der Waals surface area contributed by atoms with Crippen LogP contribution in [-0.4, -0.2) is 6.61 Å². The topological polar surface area (TPSA) is 39.4 Å². The molecule has 2 aromatic rings. The van der Waals surface area contributed by atoms with Crippen LogP contribution in [0.3, 0.4) is 0 Å². The van der Waals surface area contributed by atoms with Crippen LogP contribution in [0.2, 0.25) is 0 Å². The van der Waals surface area contributed by atoms with Crippen molar-refractivity contribution in [1.82, 2.24) is 0 Å². The molecule has 0 saturated heterocycles. The Hall–Kier alpha value is -2.03. The molecule has 3 nitrogen and oxygen atoms in total. The van der Waals surface area contributed by atoms with Gasteiger partial charge in [0.2, 0.25) is 0 Å². The summed E-state index contributed by atoms with van der Waals surface area (Å²) in [6, 6.07) is 12.6. The number of benzene rings is 1. The third-order valence-electron chi connectivity index (χ3n) is 4.10. The lowest BCUT2D eigenvalue weighted by Gasteiger charge is -2.07. The van der Waals surface area contributed by atoms with Crippen LogP contribution in [0.15, 0.2) is 51.7 Å². The fraction of sp³-hybridized carbons (Fsp3) is 0.476. The Kier molecular flexibility index (Phi) is 8.16. The molecule has 0 N–H and O–H groups in total. The van der Waals surface area contributed by atoms with E-state index in [0.717, 1.165) is 24.3 Å². The Balaban J connectivity index is 1.65. The van der Waals surface area contributed by atoms with E-state index in [2.05, 4.69) is 6.92 Å². The molecule has 0 aliphatic carbocycles. The molecule has 0 atom stereocenters. The molecule has 0 radical (unpaired) electrons. The zero-order chi connectivity index (χ0) is 17.0. The zero-order valence-electron chi connectivity index (χ0n) is 14.6. The molecule has 1 heterocycles. The van der Waals surface area contributed by atoms with Gasteiger partial charge in [0.05, 0.1) is 6.61 Å². The van der Waals surface area contributed by atoms with Gasteiger partial charge in [-0.3, -0.25) is 0 Å². The molecule has 2 rings (SSSR count). The maximum absolute atomic E-state index is 11.2. The van der Waals surface area contributed by atoms with Crippen molar-refractivity contribution in [2.75, 3.05) is 6.61 Å². The molecule has 130 valence electrons. The maximum Gasteiger partial charge on any atom is 0.336 e. The second kappa shape index (κ2) is 10.7. The van der Waals surface area contributed by atoms with Crippen LogP contribution >= 0.6 is 0 Å². The minimum atomic E-state index is -0.331. The molecule has 0 bridgehead atoms. The van der Waals surface area contributed by atoms with Crippen molar-refractivity contribution in [2.24, 2.45) is 0 Å². The zero-order valence-corrected chi connectivity index (χ0v) is 14.6.